The predicted molar refractivity (Wildman–Crippen MR) is 82.1 cm³/mol. The van der Waals surface area contributed by atoms with Crippen LogP contribution in [0.1, 0.15) is 34.6 Å². The Hall–Kier alpha value is -1.88. The molecule has 0 radical (unpaired) electrons. The number of aromatic nitrogens is 1. The summed E-state index contributed by atoms with van der Waals surface area (Å²) in [7, 11) is 0. The molecule has 5 heteroatoms. The minimum atomic E-state index is -0.985. The summed E-state index contributed by atoms with van der Waals surface area (Å²) in [5.41, 5.74) is 2.01. The first-order chi connectivity index (χ1) is 9.47. The molecular formula is C15H15BrN2O2. The van der Waals surface area contributed by atoms with E-state index in [1.54, 1.807) is 12.1 Å². The fraction of sp³-hybridized carbons (Fsp3) is 0.200. The van der Waals surface area contributed by atoms with Gasteiger partial charge in [-0.25, -0.2) is 9.78 Å². The van der Waals surface area contributed by atoms with Crippen molar-refractivity contribution in [3.63, 3.8) is 0 Å². The van der Waals surface area contributed by atoms with Crippen LogP contribution in [0.4, 0.5) is 5.82 Å². The molecule has 1 heterocycles. The van der Waals surface area contributed by atoms with E-state index in [2.05, 4.69) is 26.2 Å². The number of pyridine rings is 1. The van der Waals surface area contributed by atoms with Crippen molar-refractivity contribution in [3.8, 4) is 0 Å². The first-order valence-corrected chi connectivity index (χ1v) is 6.99. The molecule has 1 aromatic carbocycles. The molecule has 1 unspecified atom stereocenters. The molecule has 1 aromatic heterocycles. The second-order valence-electron chi connectivity index (χ2n) is 4.57. The van der Waals surface area contributed by atoms with Gasteiger partial charge in [0.05, 0.1) is 6.04 Å². The highest BCUT2D eigenvalue weighted by atomic mass is 79.9. The second-order valence-corrected chi connectivity index (χ2v) is 5.49. The third kappa shape index (κ3) is 3.36. The highest BCUT2D eigenvalue weighted by Gasteiger charge is 2.14. The number of rotatable bonds is 4. The average Bonchev–Trinajstić information content (AvgIpc) is 2.38. The van der Waals surface area contributed by atoms with Crippen molar-refractivity contribution in [2.75, 3.05) is 5.32 Å². The number of halogens is 1. The monoisotopic (exact) mass is 334 g/mol. The zero-order valence-electron chi connectivity index (χ0n) is 11.2. The van der Waals surface area contributed by atoms with Crippen molar-refractivity contribution in [2.45, 2.75) is 19.9 Å². The quantitative estimate of drug-likeness (QED) is 0.886. The van der Waals surface area contributed by atoms with Gasteiger partial charge >= 0.3 is 5.97 Å². The van der Waals surface area contributed by atoms with Crippen molar-refractivity contribution < 1.29 is 9.90 Å². The number of benzene rings is 1. The predicted octanol–water partition coefficient (Wildman–Crippen LogP) is 4.02. The molecule has 20 heavy (non-hydrogen) atoms. The van der Waals surface area contributed by atoms with Gasteiger partial charge in [0.2, 0.25) is 0 Å². The normalized spacial score (nSPS) is 11.9. The molecule has 0 aliphatic heterocycles. The summed E-state index contributed by atoms with van der Waals surface area (Å²) in [5, 5.41) is 12.4. The molecule has 0 aliphatic carbocycles. The van der Waals surface area contributed by atoms with E-state index < -0.39 is 5.97 Å². The van der Waals surface area contributed by atoms with Gasteiger partial charge in [-0.3, -0.25) is 0 Å². The Balaban J connectivity index is 2.29. The maximum Gasteiger partial charge on any atom is 0.339 e. The maximum absolute atomic E-state index is 11.2. The fourth-order valence-corrected chi connectivity index (χ4v) is 2.32. The van der Waals surface area contributed by atoms with E-state index in [9.17, 15) is 9.90 Å². The molecule has 2 aromatic rings. The van der Waals surface area contributed by atoms with Gasteiger partial charge in [0.15, 0.2) is 0 Å². The van der Waals surface area contributed by atoms with E-state index in [0.717, 1.165) is 15.7 Å². The summed E-state index contributed by atoms with van der Waals surface area (Å²) in [6.45, 7) is 3.80. The summed E-state index contributed by atoms with van der Waals surface area (Å²) in [6, 6.07) is 11.1. The summed E-state index contributed by atoms with van der Waals surface area (Å²) in [6.07, 6.45) is 0. The average molecular weight is 335 g/mol. The van der Waals surface area contributed by atoms with Gasteiger partial charge in [0, 0.05) is 10.2 Å². The number of anilines is 1. The third-order valence-corrected chi connectivity index (χ3v) is 3.46. The number of aromatic carboxylic acids is 1. The highest BCUT2D eigenvalue weighted by molar-refractivity contribution is 9.10. The molecule has 104 valence electrons. The van der Waals surface area contributed by atoms with E-state index in [1.165, 1.54) is 0 Å². The second kappa shape index (κ2) is 6.05. The van der Waals surface area contributed by atoms with Crippen LogP contribution in [-0.2, 0) is 0 Å². The Kier molecular flexibility index (Phi) is 4.39. The third-order valence-electron chi connectivity index (χ3n) is 2.97. The standard InChI is InChI=1S/C15H15BrN2O2/c1-9-6-7-13(15(19)20)14(17-9)18-10(2)11-4-3-5-12(16)8-11/h3-8,10H,1-2H3,(H,17,18)(H,19,20). The van der Waals surface area contributed by atoms with Crippen LogP contribution in [0.3, 0.4) is 0 Å². The van der Waals surface area contributed by atoms with Gasteiger partial charge < -0.3 is 10.4 Å². The number of hydrogen-bond donors (Lipinski definition) is 2. The number of nitrogens with one attached hydrogen (secondary N) is 1. The van der Waals surface area contributed by atoms with Gasteiger partial charge in [0.1, 0.15) is 11.4 Å². The van der Waals surface area contributed by atoms with Gasteiger partial charge in [-0.15, -0.1) is 0 Å². The van der Waals surface area contributed by atoms with Crippen LogP contribution in [0.25, 0.3) is 0 Å². The number of hydrogen-bond acceptors (Lipinski definition) is 3. The molecule has 0 amide bonds. The molecule has 0 saturated heterocycles. The van der Waals surface area contributed by atoms with E-state index in [0.29, 0.717) is 5.82 Å². The number of carboxylic acid groups (broad SMARTS) is 1. The van der Waals surface area contributed by atoms with E-state index in [4.69, 9.17) is 0 Å². The molecule has 1 atom stereocenters. The van der Waals surface area contributed by atoms with Gasteiger partial charge in [-0.2, -0.15) is 0 Å². The Labute approximate surface area is 126 Å². The molecule has 0 spiro atoms. The SMILES string of the molecule is Cc1ccc(C(=O)O)c(NC(C)c2cccc(Br)c2)n1. The van der Waals surface area contributed by atoms with Crippen LogP contribution in [0.5, 0.6) is 0 Å². The van der Waals surface area contributed by atoms with Crippen molar-refractivity contribution in [1.82, 2.24) is 4.98 Å². The van der Waals surface area contributed by atoms with Crippen LogP contribution < -0.4 is 5.32 Å². The van der Waals surface area contributed by atoms with Gasteiger partial charge in [-0.05, 0) is 43.7 Å². The lowest BCUT2D eigenvalue weighted by Crippen LogP contribution is -2.12. The lowest BCUT2D eigenvalue weighted by molar-refractivity contribution is 0.0697. The smallest absolute Gasteiger partial charge is 0.339 e. The molecule has 0 aliphatic rings. The van der Waals surface area contributed by atoms with E-state index >= 15 is 0 Å². The number of nitrogens with zero attached hydrogens (tertiary/aromatic N) is 1. The van der Waals surface area contributed by atoms with Crippen LogP contribution in [0, 0.1) is 6.92 Å². The van der Waals surface area contributed by atoms with Crippen molar-refractivity contribution in [2.24, 2.45) is 0 Å². The number of aryl methyl sites for hydroxylation is 1. The molecule has 0 bridgehead atoms. The van der Waals surface area contributed by atoms with Crippen LogP contribution in [0.15, 0.2) is 40.9 Å². The molecule has 2 N–H and O–H groups in total. The van der Waals surface area contributed by atoms with E-state index in [-0.39, 0.29) is 11.6 Å². The Morgan fingerprint density at radius 1 is 1.35 bits per heavy atom. The first kappa shape index (κ1) is 14.5. The number of carboxylic acids is 1. The lowest BCUT2D eigenvalue weighted by atomic mass is 10.1. The van der Waals surface area contributed by atoms with Crippen molar-refractivity contribution in [3.05, 3.63) is 57.7 Å². The minimum Gasteiger partial charge on any atom is -0.478 e. The van der Waals surface area contributed by atoms with Gasteiger partial charge in [0.25, 0.3) is 0 Å². The summed E-state index contributed by atoms with van der Waals surface area (Å²) < 4.78 is 0.985. The Morgan fingerprint density at radius 3 is 2.75 bits per heavy atom. The zero-order chi connectivity index (χ0) is 14.7. The van der Waals surface area contributed by atoms with Crippen LogP contribution in [-0.4, -0.2) is 16.1 Å². The zero-order valence-corrected chi connectivity index (χ0v) is 12.8. The van der Waals surface area contributed by atoms with E-state index in [1.807, 2.05) is 38.1 Å². The summed E-state index contributed by atoms with van der Waals surface area (Å²) in [5.74, 6) is -0.591. The van der Waals surface area contributed by atoms with Crippen molar-refractivity contribution in [1.29, 1.82) is 0 Å². The van der Waals surface area contributed by atoms with Gasteiger partial charge in [-0.1, -0.05) is 28.1 Å². The first-order valence-electron chi connectivity index (χ1n) is 6.20. The minimum absolute atomic E-state index is 0.0418. The Bertz CT molecular complexity index is 644. The largest absolute Gasteiger partial charge is 0.478 e. The Morgan fingerprint density at radius 2 is 2.10 bits per heavy atom. The van der Waals surface area contributed by atoms with Crippen molar-refractivity contribution >= 4 is 27.7 Å². The van der Waals surface area contributed by atoms with Crippen LogP contribution in [0.2, 0.25) is 0 Å². The fourth-order valence-electron chi connectivity index (χ4n) is 1.90. The maximum atomic E-state index is 11.2. The summed E-state index contributed by atoms with van der Waals surface area (Å²) >= 11 is 3.43. The molecule has 0 saturated carbocycles. The topological polar surface area (TPSA) is 62.2 Å². The molecule has 0 fully saturated rings. The number of carbonyl (C=O) groups is 1. The molecular weight excluding hydrogens is 320 g/mol. The molecule has 4 nitrogen and oxygen atoms in total. The summed E-state index contributed by atoms with van der Waals surface area (Å²) in [4.78, 5) is 15.5. The highest BCUT2D eigenvalue weighted by Crippen LogP contribution is 2.23. The van der Waals surface area contributed by atoms with Crippen LogP contribution >= 0.6 is 15.9 Å². The molecule has 2 rings (SSSR count). The lowest BCUT2D eigenvalue weighted by Gasteiger charge is -2.17.